The van der Waals surface area contributed by atoms with Gasteiger partial charge in [0.05, 0.1) is 24.1 Å². The average molecular weight is 343 g/mol. The van der Waals surface area contributed by atoms with Crippen LogP contribution in [0.1, 0.15) is 22.1 Å². The van der Waals surface area contributed by atoms with Crippen LogP contribution in [0.5, 0.6) is 0 Å². The number of rotatable bonds is 3. The van der Waals surface area contributed by atoms with Crippen LogP contribution in [-0.4, -0.2) is 41.1 Å². The number of H-pyrrole nitrogens is 1. The minimum atomic E-state index is -0.375. The molecule has 3 aromatic rings. The van der Waals surface area contributed by atoms with Gasteiger partial charge in [0.25, 0.3) is 0 Å². The highest BCUT2D eigenvalue weighted by Crippen LogP contribution is 2.32. The van der Waals surface area contributed by atoms with E-state index in [1.165, 1.54) is 7.11 Å². The topological polar surface area (TPSA) is 71.1 Å². The Hall–Kier alpha value is -2.60. The molecule has 1 N–H and O–H groups in total. The summed E-state index contributed by atoms with van der Waals surface area (Å²) >= 11 is 6.01. The Bertz CT molecular complexity index is 918. The summed E-state index contributed by atoms with van der Waals surface area (Å²) in [5.41, 5.74) is 2.32. The third kappa shape index (κ3) is 2.49. The Morgan fingerprint density at radius 2 is 2.21 bits per heavy atom. The summed E-state index contributed by atoms with van der Waals surface area (Å²) in [6, 6.07) is 9.08. The van der Waals surface area contributed by atoms with Crippen molar-refractivity contribution >= 4 is 34.4 Å². The lowest BCUT2D eigenvalue weighted by Gasteiger charge is -2.39. The van der Waals surface area contributed by atoms with E-state index < -0.39 is 0 Å². The average Bonchev–Trinajstić information content (AvgIpc) is 2.95. The van der Waals surface area contributed by atoms with Crippen LogP contribution in [-0.2, 0) is 4.74 Å². The van der Waals surface area contributed by atoms with Crippen molar-refractivity contribution in [3.63, 3.8) is 0 Å². The minimum absolute atomic E-state index is 0.267. The number of benzene rings is 1. The van der Waals surface area contributed by atoms with E-state index in [-0.39, 0.29) is 11.9 Å². The number of methoxy groups -OCH3 is 1. The molecule has 6 nitrogen and oxygen atoms in total. The summed E-state index contributed by atoms with van der Waals surface area (Å²) < 4.78 is 4.82. The summed E-state index contributed by atoms with van der Waals surface area (Å²) in [6.45, 7) is 1.49. The summed E-state index contributed by atoms with van der Waals surface area (Å²) in [4.78, 5) is 26.2. The molecule has 0 amide bonds. The third-order valence-corrected chi connectivity index (χ3v) is 4.46. The lowest BCUT2D eigenvalue weighted by atomic mass is 9.98. The fraction of sp³-hybridized carbons (Fsp3) is 0.235. The molecular weight excluding hydrogens is 328 g/mol. The van der Waals surface area contributed by atoms with Gasteiger partial charge in [-0.25, -0.2) is 14.8 Å². The largest absolute Gasteiger partial charge is 0.465 e. The van der Waals surface area contributed by atoms with Crippen molar-refractivity contribution in [2.75, 3.05) is 25.1 Å². The van der Waals surface area contributed by atoms with Gasteiger partial charge >= 0.3 is 5.97 Å². The van der Waals surface area contributed by atoms with Crippen LogP contribution in [0.15, 0.2) is 36.5 Å². The maximum Gasteiger partial charge on any atom is 0.341 e. The van der Waals surface area contributed by atoms with E-state index in [1.54, 1.807) is 18.3 Å². The van der Waals surface area contributed by atoms with Crippen LogP contribution in [0.2, 0.25) is 5.02 Å². The molecule has 3 heterocycles. The van der Waals surface area contributed by atoms with Crippen molar-refractivity contribution in [1.29, 1.82) is 0 Å². The van der Waals surface area contributed by atoms with Crippen molar-refractivity contribution < 1.29 is 9.53 Å². The number of pyridine rings is 1. The molecule has 0 radical (unpaired) electrons. The van der Waals surface area contributed by atoms with Crippen LogP contribution in [0, 0.1) is 0 Å². The highest BCUT2D eigenvalue weighted by atomic mass is 35.5. The van der Waals surface area contributed by atoms with Crippen LogP contribution < -0.4 is 4.90 Å². The van der Waals surface area contributed by atoms with Gasteiger partial charge in [-0.3, -0.25) is 0 Å². The molecule has 1 saturated heterocycles. The zero-order valence-electron chi connectivity index (χ0n) is 13.0. The van der Waals surface area contributed by atoms with Crippen LogP contribution in [0.3, 0.4) is 0 Å². The molecule has 0 aliphatic carbocycles. The number of nitrogens with zero attached hydrogens (tertiary/aromatic N) is 3. The van der Waals surface area contributed by atoms with Crippen LogP contribution in [0.4, 0.5) is 5.82 Å². The minimum Gasteiger partial charge on any atom is -0.465 e. The molecule has 0 spiro atoms. The molecule has 2 aromatic heterocycles. The van der Waals surface area contributed by atoms with E-state index in [0.29, 0.717) is 16.4 Å². The standard InChI is InChI=1S/C17H15ClN4O2/c1-24-17(23)12-3-2-6-19-16(12)22-8-10(9-22)15-20-13-5-4-11(18)7-14(13)21-15/h2-7,10H,8-9H2,1H3,(H,20,21). The predicted molar refractivity (Wildman–Crippen MR) is 91.6 cm³/mol. The van der Waals surface area contributed by atoms with Crippen LogP contribution >= 0.6 is 11.6 Å². The lowest BCUT2D eigenvalue weighted by Crippen LogP contribution is -2.46. The number of aromatic amines is 1. The summed E-state index contributed by atoms with van der Waals surface area (Å²) in [5, 5.41) is 0.673. The molecule has 1 aromatic carbocycles. The SMILES string of the molecule is COC(=O)c1cccnc1N1CC(c2nc3cc(Cl)ccc3[nH]2)C1. The maximum absolute atomic E-state index is 11.9. The number of imidazole rings is 1. The maximum atomic E-state index is 11.9. The Labute approximate surface area is 143 Å². The first-order chi connectivity index (χ1) is 11.7. The van der Waals surface area contributed by atoms with Gasteiger partial charge in [0.2, 0.25) is 0 Å². The Morgan fingerprint density at radius 3 is 3.00 bits per heavy atom. The molecule has 1 aliphatic rings. The molecule has 0 bridgehead atoms. The number of fused-ring (bicyclic) bond motifs is 1. The monoisotopic (exact) mass is 342 g/mol. The second-order valence-electron chi connectivity index (χ2n) is 5.75. The van der Waals surface area contributed by atoms with Gasteiger partial charge in [-0.05, 0) is 30.3 Å². The first-order valence-corrected chi connectivity index (χ1v) is 7.97. The number of carbonyl (C=O) groups excluding carboxylic acids is 1. The van der Waals surface area contributed by atoms with E-state index in [1.807, 2.05) is 18.2 Å². The second-order valence-corrected chi connectivity index (χ2v) is 6.19. The van der Waals surface area contributed by atoms with Crippen molar-refractivity contribution in [1.82, 2.24) is 15.0 Å². The number of esters is 1. The van der Waals surface area contributed by atoms with Gasteiger partial charge in [-0.15, -0.1) is 0 Å². The number of hydrogen-bond donors (Lipinski definition) is 1. The Kier molecular flexibility index (Phi) is 3.61. The number of halogens is 1. The normalized spacial score (nSPS) is 14.7. The van der Waals surface area contributed by atoms with Gasteiger partial charge < -0.3 is 14.6 Å². The van der Waals surface area contributed by atoms with Crippen LogP contribution in [0.25, 0.3) is 11.0 Å². The van der Waals surface area contributed by atoms with Gasteiger partial charge in [0, 0.05) is 24.3 Å². The van der Waals surface area contributed by atoms with E-state index in [2.05, 4.69) is 19.9 Å². The number of ether oxygens (including phenoxy) is 1. The molecule has 0 atom stereocenters. The van der Waals surface area contributed by atoms with Gasteiger partial charge in [-0.1, -0.05) is 11.6 Å². The molecule has 7 heteroatoms. The number of aromatic nitrogens is 3. The molecule has 0 saturated carbocycles. The smallest absolute Gasteiger partial charge is 0.341 e. The summed E-state index contributed by atoms with van der Waals surface area (Å²) in [6.07, 6.45) is 1.68. The summed E-state index contributed by atoms with van der Waals surface area (Å²) in [7, 11) is 1.37. The Morgan fingerprint density at radius 1 is 1.38 bits per heavy atom. The molecule has 1 fully saturated rings. The van der Waals surface area contributed by atoms with Gasteiger partial charge in [0.15, 0.2) is 0 Å². The summed E-state index contributed by atoms with van der Waals surface area (Å²) in [5.74, 6) is 1.47. The zero-order chi connectivity index (χ0) is 16.7. The molecule has 4 rings (SSSR count). The fourth-order valence-corrected chi connectivity index (χ4v) is 3.10. The van der Waals surface area contributed by atoms with Gasteiger partial charge in [-0.2, -0.15) is 0 Å². The van der Waals surface area contributed by atoms with E-state index >= 15 is 0 Å². The fourth-order valence-electron chi connectivity index (χ4n) is 2.93. The van der Waals surface area contributed by atoms with Crippen molar-refractivity contribution in [2.24, 2.45) is 0 Å². The number of carbonyl (C=O) groups is 1. The van der Waals surface area contributed by atoms with Crippen molar-refractivity contribution in [3.8, 4) is 0 Å². The van der Waals surface area contributed by atoms with E-state index in [4.69, 9.17) is 16.3 Å². The number of hydrogen-bond acceptors (Lipinski definition) is 5. The predicted octanol–water partition coefficient (Wildman–Crippen LogP) is 3.00. The molecular formula is C17H15ClN4O2. The molecule has 122 valence electrons. The van der Waals surface area contributed by atoms with Gasteiger partial charge in [0.1, 0.15) is 17.2 Å². The van der Waals surface area contributed by atoms with E-state index in [9.17, 15) is 4.79 Å². The first kappa shape index (κ1) is 15.0. The first-order valence-electron chi connectivity index (χ1n) is 7.59. The zero-order valence-corrected chi connectivity index (χ0v) is 13.7. The molecule has 1 aliphatic heterocycles. The quantitative estimate of drug-likeness (QED) is 0.741. The molecule has 0 unspecified atom stereocenters. The number of anilines is 1. The number of nitrogens with one attached hydrogen (secondary N) is 1. The highest BCUT2D eigenvalue weighted by molar-refractivity contribution is 6.31. The molecule has 24 heavy (non-hydrogen) atoms. The highest BCUT2D eigenvalue weighted by Gasteiger charge is 2.33. The third-order valence-electron chi connectivity index (χ3n) is 4.22. The van der Waals surface area contributed by atoms with E-state index in [0.717, 1.165) is 29.9 Å². The van der Waals surface area contributed by atoms with Crippen molar-refractivity contribution in [3.05, 3.63) is 52.9 Å². The second kappa shape index (κ2) is 5.79. The lowest BCUT2D eigenvalue weighted by molar-refractivity contribution is 0.0600. The van der Waals surface area contributed by atoms with Crippen molar-refractivity contribution in [2.45, 2.75) is 5.92 Å². The Balaban J connectivity index is 1.55.